The zero-order valence-electron chi connectivity index (χ0n) is 14.8. The number of amides is 1. The van der Waals surface area contributed by atoms with E-state index in [1.165, 1.54) is 24.8 Å². The number of carbonyl (C=O) groups is 1. The van der Waals surface area contributed by atoms with E-state index >= 15 is 0 Å². The van der Waals surface area contributed by atoms with E-state index in [1.54, 1.807) is 6.92 Å². The Morgan fingerprint density at radius 2 is 1.92 bits per heavy atom. The lowest BCUT2D eigenvalue weighted by Gasteiger charge is -2.37. The minimum atomic E-state index is 0.239. The van der Waals surface area contributed by atoms with Crippen LogP contribution in [0.1, 0.15) is 44.6 Å². The molecule has 0 unspecified atom stereocenters. The summed E-state index contributed by atoms with van der Waals surface area (Å²) in [5.74, 6) is 0.239. The van der Waals surface area contributed by atoms with Crippen molar-refractivity contribution in [3.05, 3.63) is 35.9 Å². The summed E-state index contributed by atoms with van der Waals surface area (Å²) in [6.07, 6.45) is 6.07. The number of hydrogen-bond acceptors (Lipinski definition) is 3. The number of nitrogens with zero attached hydrogens (tertiary/aromatic N) is 2. The van der Waals surface area contributed by atoms with Crippen LogP contribution in [-0.2, 0) is 16.1 Å². The highest BCUT2D eigenvalue weighted by atomic mass is 16.5. The molecule has 2 heterocycles. The second-order valence-corrected chi connectivity index (χ2v) is 7.06. The molecule has 4 nitrogen and oxygen atoms in total. The largest absolute Gasteiger partial charge is 0.375 e. The first-order chi connectivity index (χ1) is 11.8. The summed E-state index contributed by atoms with van der Waals surface area (Å²) in [6, 6.07) is 11.3. The molecule has 0 N–H and O–H groups in total. The van der Waals surface area contributed by atoms with Crippen LogP contribution in [0.3, 0.4) is 0 Å². The molecule has 0 aliphatic carbocycles. The highest BCUT2D eigenvalue weighted by Crippen LogP contribution is 2.29. The van der Waals surface area contributed by atoms with Crippen LogP contribution in [0.25, 0.3) is 0 Å². The molecule has 0 aromatic heterocycles. The molecule has 2 fully saturated rings. The zero-order valence-corrected chi connectivity index (χ0v) is 14.8. The van der Waals surface area contributed by atoms with Crippen molar-refractivity contribution in [3.63, 3.8) is 0 Å². The fraction of sp³-hybridized carbons (Fsp3) is 0.650. The van der Waals surface area contributed by atoms with Gasteiger partial charge in [-0.2, -0.15) is 0 Å². The SMILES string of the molecule is CC(=O)N1CC[C@H]2[C@H]1CCCCCN2CCOCc1ccccc1. The summed E-state index contributed by atoms with van der Waals surface area (Å²) in [5.41, 5.74) is 1.23. The Morgan fingerprint density at radius 3 is 2.71 bits per heavy atom. The number of benzene rings is 1. The Labute approximate surface area is 145 Å². The van der Waals surface area contributed by atoms with Gasteiger partial charge in [0.2, 0.25) is 5.91 Å². The second-order valence-electron chi connectivity index (χ2n) is 7.06. The number of fused-ring (bicyclic) bond motifs is 1. The lowest BCUT2D eigenvalue weighted by molar-refractivity contribution is -0.130. The van der Waals surface area contributed by atoms with Gasteiger partial charge in [0.15, 0.2) is 0 Å². The highest BCUT2D eigenvalue weighted by Gasteiger charge is 2.38. The van der Waals surface area contributed by atoms with E-state index in [1.807, 2.05) is 6.07 Å². The molecule has 0 radical (unpaired) electrons. The topological polar surface area (TPSA) is 32.8 Å². The zero-order chi connectivity index (χ0) is 16.8. The van der Waals surface area contributed by atoms with Crippen LogP contribution in [0.5, 0.6) is 0 Å². The average molecular weight is 330 g/mol. The molecule has 2 aliphatic rings. The minimum absolute atomic E-state index is 0.239. The smallest absolute Gasteiger partial charge is 0.219 e. The van der Waals surface area contributed by atoms with Gasteiger partial charge in [-0.3, -0.25) is 9.69 Å². The Bertz CT molecular complexity index is 520. The Balaban J connectivity index is 1.52. The molecule has 1 amide bonds. The van der Waals surface area contributed by atoms with Crippen molar-refractivity contribution >= 4 is 5.91 Å². The van der Waals surface area contributed by atoms with Crippen LogP contribution in [-0.4, -0.2) is 54.0 Å². The minimum Gasteiger partial charge on any atom is -0.375 e. The van der Waals surface area contributed by atoms with Crippen molar-refractivity contribution in [2.45, 2.75) is 57.7 Å². The first kappa shape index (κ1) is 17.4. The standard InChI is InChI=1S/C20H30N2O2/c1-17(23)22-13-11-19-20(22)10-6-3-7-12-21(19)14-15-24-16-18-8-4-2-5-9-18/h2,4-5,8-9,19-20H,3,6-7,10-16H2,1H3/t19-,20+/m0/s1. The first-order valence-electron chi connectivity index (χ1n) is 9.38. The van der Waals surface area contributed by atoms with Gasteiger partial charge < -0.3 is 9.64 Å². The first-order valence-corrected chi connectivity index (χ1v) is 9.38. The van der Waals surface area contributed by atoms with E-state index in [0.29, 0.717) is 18.7 Å². The molecule has 0 spiro atoms. The summed E-state index contributed by atoms with van der Waals surface area (Å²) < 4.78 is 5.90. The van der Waals surface area contributed by atoms with Gasteiger partial charge in [-0.25, -0.2) is 0 Å². The van der Waals surface area contributed by atoms with Crippen molar-refractivity contribution in [3.8, 4) is 0 Å². The van der Waals surface area contributed by atoms with Gasteiger partial charge in [-0.1, -0.05) is 43.2 Å². The van der Waals surface area contributed by atoms with Gasteiger partial charge in [0.1, 0.15) is 0 Å². The molecule has 4 heteroatoms. The quantitative estimate of drug-likeness (QED) is 0.778. The van der Waals surface area contributed by atoms with E-state index < -0.39 is 0 Å². The molecule has 132 valence electrons. The summed E-state index contributed by atoms with van der Waals surface area (Å²) in [4.78, 5) is 16.6. The average Bonchev–Trinajstić information content (AvgIpc) is 2.98. The van der Waals surface area contributed by atoms with E-state index in [2.05, 4.69) is 34.1 Å². The fourth-order valence-electron chi connectivity index (χ4n) is 4.24. The summed E-state index contributed by atoms with van der Waals surface area (Å²) in [7, 11) is 0. The predicted molar refractivity (Wildman–Crippen MR) is 95.7 cm³/mol. The maximum Gasteiger partial charge on any atom is 0.219 e. The van der Waals surface area contributed by atoms with Gasteiger partial charge in [-0.05, 0) is 31.4 Å². The van der Waals surface area contributed by atoms with Crippen LogP contribution in [0.2, 0.25) is 0 Å². The molecule has 24 heavy (non-hydrogen) atoms. The van der Waals surface area contributed by atoms with Gasteiger partial charge in [0, 0.05) is 32.1 Å². The lowest BCUT2D eigenvalue weighted by atomic mass is 9.97. The van der Waals surface area contributed by atoms with Gasteiger partial charge in [0.25, 0.3) is 0 Å². The van der Waals surface area contributed by atoms with Gasteiger partial charge in [-0.15, -0.1) is 0 Å². The molecule has 0 bridgehead atoms. The molecular weight excluding hydrogens is 300 g/mol. The highest BCUT2D eigenvalue weighted by molar-refractivity contribution is 5.74. The van der Waals surface area contributed by atoms with E-state index in [9.17, 15) is 4.79 Å². The van der Waals surface area contributed by atoms with Crippen LogP contribution in [0.15, 0.2) is 30.3 Å². The monoisotopic (exact) mass is 330 g/mol. The van der Waals surface area contributed by atoms with Crippen molar-refractivity contribution in [2.24, 2.45) is 0 Å². The summed E-state index contributed by atoms with van der Waals surface area (Å²) in [6.45, 7) is 6.20. The third-order valence-corrected chi connectivity index (χ3v) is 5.46. The lowest BCUT2D eigenvalue weighted by Crippen LogP contribution is -2.48. The number of hydrogen-bond donors (Lipinski definition) is 0. The van der Waals surface area contributed by atoms with Crippen molar-refractivity contribution in [1.82, 2.24) is 9.80 Å². The van der Waals surface area contributed by atoms with Crippen molar-refractivity contribution in [1.29, 1.82) is 0 Å². The van der Waals surface area contributed by atoms with Gasteiger partial charge >= 0.3 is 0 Å². The Kier molecular flexibility index (Phi) is 6.27. The number of likely N-dealkylation sites (tertiary alicyclic amines) is 2. The van der Waals surface area contributed by atoms with Crippen LogP contribution in [0.4, 0.5) is 0 Å². The third kappa shape index (κ3) is 4.37. The Hall–Kier alpha value is -1.39. The maximum atomic E-state index is 11.9. The van der Waals surface area contributed by atoms with E-state index in [0.717, 1.165) is 39.1 Å². The summed E-state index contributed by atoms with van der Waals surface area (Å²) in [5, 5.41) is 0. The number of carbonyl (C=O) groups excluding carboxylic acids is 1. The van der Waals surface area contributed by atoms with Crippen LogP contribution < -0.4 is 0 Å². The number of rotatable bonds is 5. The molecular formula is C20H30N2O2. The van der Waals surface area contributed by atoms with Crippen LogP contribution >= 0.6 is 0 Å². The van der Waals surface area contributed by atoms with Crippen LogP contribution in [0, 0.1) is 0 Å². The molecule has 1 aromatic rings. The fourth-order valence-corrected chi connectivity index (χ4v) is 4.24. The molecule has 0 saturated carbocycles. The molecule has 2 atom stereocenters. The molecule has 2 saturated heterocycles. The van der Waals surface area contributed by atoms with Crippen molar-refractivity contribution < 1.29 is 9.53 Å². The predicted octanol–water partition coefficient (Wildman–Crippen LogP) is 3.07. The second kappa shape index (κ2) is 8.63. The normalized spacial score (nSPS) is 25.1. The molecule has 3 rings (SSSR count). The molecule has 1 aromatic carbocycles. The Morgan fingerprint density at radius 1 is 1.08 bits per heavy atom. The molecule has 2 aliphatic heterocycles. The van der Waals surface area contributed by atoms with Gasteiger partial charge in [0.05, 0.1) is 13.2 Å². The maximum absolute atomic E-state index is 11.9. The number of ether oxygens (including phenoxy) is 1. The van der Waals surface area contributed by atoms with E-state index in [4.69, 9.17) is 4.74 Å². The third-order valence-electron chi connectivity index (χ3n) is 5.46. The van der Waals surface area contributed by atoms with Crippen molar-refractivity contribution in [2.75, 3.05) is 26.2 Å². The summed E-state index contributed by atoms with van der Waals surface area (Å²) >= 11 is 0. The van der Waals surface area contributed by atoms with E-state index in [-0.39, 0.29) is 5.91 Å².